The van der Waals surface area contributed by atoms with Crippen LogP contribution in [0.1, 0.15) is 0 Å². The lowest BCUT2D eigenvalue weighted by Crippen LogP contribution is -2.61. The lowest BCUT2D eigenvalue weighted by atomic mass is 9.99. The molecule has 1 fully saturated rings. The Morgan fingerprint density at radius 3 is 2.20 bits per heavy atom. The number of hydrogen-bond donors (Lipinski definition) is 5. The van der Waals surface area contributed by atoms with Gasteiger partial charge in [-0.3, -0.25) is 0 Å². The number of hydrogen-bond acceptors (Lipinski definition) is 7. The van der Waals surface area contributed by atoms with Crippen LogP contribution in [-0.4, -0.2) is 62.2 Å². The van der Waals surface area contributed by atoms with Gasteiger partial charge >= 0.3 is 5.97 Å². The number of carboxylic acids is 1. The molecule has 0 unspecified atom stereocenters. The van der Waals surface area contributed by atoms with E-state index in [1.54, 1.807) is 0 Å². The maximum Gasteiger partial charge on any atom is 0.335 e. The molecule has 1 aliphatic heterocycles. The van der Waals surface area contributed by atoms with Gasteiger partial charge in [-0.2, -0.15) is 0 Å². The molecule has 1 aromatic rings. The van der Waals surface area contributed by atoms with Gasteiger partial charge in [0.15, 0.2) is 6.10 Å². The van der Waals surface area contributed by atoms with Crippen molar-refractivity contribution >= 4 is 5.97 Å². The van der Waals surface area contributed by atoms with Crippen molar-refractivity contribution in [2.45, 2.75) is 30.7 Å². The third-order valence-electron chi connectivity index (χ3n) is 2.90. The first-order chi connectivity index (χ1) is 9.40. The number of phenols is 1. The molecule has 5 N–H and O–H groups in total. The Labute approximate surface area is 113 Å². The van der Waals surface area contributed by atoms with E-state index in [9.17, 15) is 20.1 Å². The van der Waals surface area contributed by atoms with E-state index in [2.05, 4.69) is 0 Å². The summed E-state index contributed by atoms with van der Waals surface area (Å²) in [6.07, 6.45) is -8.27. The highest BCUT2D eigenvalue weighted by Gasteiger charge is 2.48. The van der Waals surface area contributed by atoms with Crippen LogP contribution in [0.15, 0.2) is 24.3 Å². The number of benzene rings is 1. The summed E-state index contributed by atoms with van der Waals surface area (Å²) in [5.41, 5.74) is 0. The van der Waals surface area contributed by atoms with E-state index in [0.29, 0.717) is 0 Å². The van der Waals surface area contributed by atoms with E-state index in [0.717, 1.165) is 0 Å². The van der Waals surface area contributed by atoms with Gasteiger partial charge in [0.25, 0.3) is 0 Å². The van der Waals surface area contributed by atoms with Gasteiger partial charge in [0.2, 0.25) is 6.29 Å². The first kappa shape index (κ1) is 14.5. The number of aliphatic carboxylic acids is 1. The maximum atomic E-state index is 10.9. The topological polar surface area (TPSA) is 137 Å². The molecule has 0 amide bonds. The second kappa shape index (κ2) is 5.63. The number of carbonyl (C=O) groups is 1. The highest BCUT2D eigenvalue weighted by molar-refractivity contribution is 5.73. The fourth-order valence-corrected chi connectivity index (χ4v) is 1.81. The fourth-order valence-electron chi connectivity index (χ4n) is 1.81. The summed E-state index contributed by atoms with van der Waals surface area (Å²) in [7, 11) is 0. The van der Waals surface area contributed by atoms with Crippen molar-refractivity contribution in [2.24, 2.45) is 0 Å². The Hall–Kier alpha value is -1.87. The first-order valence-corrected chi connectivity index (χ1v) is 5.78. The average Bonchev–Trinajstić information content (AvgIpc) is 2.41. The standard InChI is InChI=1S/C12H14O8/c13-5-1-3-6(4-2-5)19-12-9(16)7(14)8(15)10(20-12)11(17)18/h1-4,7-10,12-16H,(H,17,18)/t7-,8-,9+,10-,12+/m1/s1. The second-order valence-corrected chi connectivity index (χ2v) is 4.35. The number of aliphatic hydroxyl groups excluding tert-OH is 3. The zero-order chi connectivity index (χ0) is 14.9. The molecule has 0 aromatic heterocycles. The van der Waals surface area contributed by atoms with Crippen molar-refractivity contribution in [1.29, 1.82) is 0 Å². The summed E-state index contributed by atoms with van der Waals surface area (Å²) < 4.78 is 10.1. The number of phenolic OH excluding ortho intramolecular Hbond substituents is 1. The van der Waals surface area contributed by atoms with Crippen LogP contribution in [0.25, 0.3) is 0 Å². The molecule has 1 heterocycles. The predicted octanol–water partition coefficient (Wildman–Crippen LogP) is -1.34. The van der Waals surface area contributed by atoms with E-state index < -0.39 is 36.7 Å². The molecule has 0 spiro atoms. The van der Waals surface area contributed by atoms with Crippen molar-refractivity contribution in [3.8, 4) is 11.5 Å². The Balaban J connectivity index is 2.13. The van der Waals surface area contributed by atoms with Gasteiger partial charge in [-0.1, -0.05) is 0 Å². The van der Waals surface area contributed by atoms with Crippen molar-refractivity contribution in [3.63, 3.8) is 0 Å². The van der Waals surface area contributed by atoms with Crippen LogP contribution in [0.4, 0.5) is 0 Å². The summed E-state index contributed by atoms with van der Waals surface area (Å²) in [5, 5.41) is 46.8. The van der Waals surface area contributed by atoms with Gasteiger partial charge in [0.1, 0.15) is 29.8 Å². The van der Waals surface area contributed by atoms with E-state index in [1.165, 1.54) is 24.3 Å². The number of carboxylic acid groups (broad SMARTS) is 1. The van der Waals surface area contributed by atoms with Gasteiger partial charge < -0.3 is 35.0 Å². The van der Waals surface area contributed by atoms with Crippen LogP contribution in [0, 0.1) is 0 Å². The number of ether oxygens (including phenoxy) is 2. The normalized spacial score (nSPS) is 33.6. The van der Waals surface area contributed by atoms with Crippen LogP contribution >= 0.6 is 0 Å². The summed E-state index contributed by atoms with van der Waals surface area (Å²) in [5.74, 6) is -1.29. The molecule has 1 aliphatic rings. The average molecular weight is 286 g/mol. The van der Waals surface area contributed by atoms with Crippen molar-refractivity contribution < 1.29 is 39.8 Å². The first-order valence-electron chi connectivity index (χ1n) is 5.78. The molecule has 110 valence electrons. The molecule has 1 saturated heterocycles. The van der Waals surface area contributed by atoms with Crippen LogP contribution in [0.5, 0.6) is 11.5 Å². The van der Waals surface area contributed by atoms with Crippen LogP contribution in [0.2, 0.25) is 0 Å². The van der Waals surface area contributed by atoms with Gasteiger partial charge in [0.05, 0.1) is 0 Å². The van der Waals surface area contributed by atoms with Gasteiger partial charge in [0, 0.05) is 0 Å². The van der Waals surface area contributed by atoms with Gasteiger partial charge in [-0.25, -0.2) is 4.79 Å². The monoisotopic (exact) mass is 286 g/mol. The highest BCUT2D eigenvalue weighted by atomic mass is 16.7. The Morgan fingerprint density at radius 1 is 1.05 bits per heavy atom. The lowest BCUT2D eigenvalue weighted by Gasteiger charge is -2.38. The molecule has 0 radical (unpaired) electrons. The molecule has 1 aromatic carbocycles. The van der Waals surface area contributed by atoms with E-state index in [4.69, 9.17) is 19.7 Å². The number of rotatable bonds is 3. The quantitative estimate of drug-likeness (QED) is 0.460. The number of aliphatic hydroxyl groups is 3. The molecule has 8 nitrogen and oxygen atoms in total. The smallest absolute Gasteiger partial charge is 0.335 e. The minimum Gasteiger partial charge on any atom is -0.508 e. The minimum atomic E-state index is -1.76. The predicted molar refractivity (Wildman–Crippen MR) is 63.1 cm³/mol. The molecule has 0 bridgehead atoms. The summed E-state index contributed by atoms with van der Waals surface area (Å²) in [6.45, 7) is 0. The molecule has 8 heteroatoms. The van der Waals surface area contributed by atoms with Gasteiger partial charge in [-0.15, -0.1) is 0 Å². The molecule has 0 aliphatic carbocycles. The largest absolute Gasteiger partial charge is 0.508 e. The molecule has 2 rings (SSSR count). The third kappa shape index (κ3) is 2.83. The number of aromatic hydroxyl groups is 1. The Kier molecular flexibility index (Phi) is 4.09. The summed E-state index contributed by atoms with van der Waals surface area (Å²) >= 11 is 0. The SMILES string of the molecule is O=C(O)[C@@H]1O[C@H](Oc2ccc(O)cc2)[C@@H](O)[C@H](O)[C@H]1O. The van der Waals surface area contributed by atoms with Crippen molar-refractivity contribution in [1.82, 2.24) is 0 Å². The summed E-state index contributed by atoms with van der Waals surface area (Å²) in [6, 6.07) is 5.40. The van der Waals surface area contributed by atoms with E-state index in [-0.39, 0.29) is 11.5 Å². The van der Waals surface area contributed by atoms with Crippen molar-refractivity contribution in [3.05, 3.63) is 24.3 Å². The van der Waals surface area contributed by atoms with Crippen LogP contribution in [-0.2, 0) is 9.53 Å². The highest BCUT2D eigenvalue weighted by Crippen LogP contribution is 2.25. The molecular weight excluding hydrogens is 272 g/mol. The zero-order valence-corrected chi connectivity index (χ0v) is 10.2. The maximum absolute atomic E-state index is 10.9. The Bertz CT molecular complexity index is 473. The van der Waals surface area contributed by atoms with E-state index in [1.807, 2.05) is 0 Å². The lowest BCUT2D eigenvalue weighted by molar-refractivity contribution is -0.271. The third-order valence-corrected chi connectivity index (χ3v) is 2.90. The summed E-state index contributed by atoms with van der Waals surface area (Å²) in [4.78, 5) is 10.9. The van der Waals surface area contributed by atoms with Crippen LogP contribution < -0.4 is 4.74 Å². The molecule has 20 heavy (non-hydrogen) atoms. The molecule has 5 atom stereocenters. The second-order valence-electron chi connectivity index (χ2n) is 4.35. The van der Waals surface area contributed by atoms with Gasteiger partial charge in [-0.05, 0) is 24.3 Å². The Morgan fingerprint density at radius 2 is 1.65 bits per heavy atom. The molecular formula is C12H14O8. The van der Waals surface area contributed by atoms with E-state index >= 15 is 0 Å². The van der Waals surface area contributed by atoms with Crippen molar-refractivity contribution in [2.75, 3.05) is 0 Å². The minimum absolute atomic E-state index is 0.00123. The zero-order valence-electron chi connectivity index (χ0n) is 10.2. The molecule has 0 saturated carbocycles. The van der Waals surface area contributed by atoms with Crippen LogP contribution in [0.3, 0.4) is 0 Å². The fraction of sp³-hybridized carbons (Fsp3) is 0.417.